The molecule has 0 aromatic carbocycles. The molecule has 0 aliphatic rings. The zero-order chi connectivity index (χ0) is 7.98. The van der Waals surface area contributed by atoms with Gasteiger partial charge in [0.1, 0.15) is 0 Å². The van der Waals surface area contributed by atoms with Gasteiger partial charge in [-0.05, 0) is 13.3 Å². The summed E-state index contributed by atoms with van der Waals surface area (Å²) >= 11 is 5.80. The minimum Gasteiger partial charge on any atom is -0.392 e. The van der Waals surface area contributed by atoms with Gasteiger partial charge in [-0.15, -0.1) is 11.6 Å². The molecule has 0 amide bonds. The molecule has 2 atom stereocenters. The highest BCUT2D eigenvalue weighted by Gasteiger charge is 2.09. The minimum absolute atomic E-state index is 0.0495. The molecule has 0 saturated heterocycles. The summed E-state index contributed by atoms with van der Waals surface area (Å²) in [6, 6.07) is 0. The summed E-state index contributed by atoms with van der Waals surface area (Å²) in [4.78, 5) is 0. The Bertz CT molecular complexity index is 73.7. The van der Waals surface area contributed by atoms with Crippen LogP contribution >= 0.6 is 11.6 Å². The molecule has 2 unspecified atom stereocenters. The Morgan fingerprint density at radius 3 is 2.40 bits per heavy atom. The highest BCUT2D eigenvalue weighted by atomic mass is 35.5. The van der Waals surface area contributed by atoms with Crippen molar-refractivity contribution < 1.29 is 5.11 Å². The normalized spacial score (nSPS) is 16.8. The van der Waals surface area contributed by atoms with E-state index in [9.17, 15) is 0 Å². The predicted molar refractivity (Wildman–Crippen MR) is 45.5 cm³/mol. The van der Waals surface area contributed by atoms with Gasteiger partial charge in [0, 0.05) is 0 Å². The summed E-state index contributed by atoms with van der Waals surface area (Å²) < 4.78 is 0. The fourth-order valence-corrected chi connectivity index (χ4v) is 0.985. The molecule has 10 heavy (non-hydrogen) atoms. The van der Waals surface area contributed by atoms with Gasteiger partial charge in [-0.25, -0.2) is 0 Å². The fraction of sp³-hybridized carbons (Fsp3) is 1.00. The van der Waals surface area contributed by atoms with Crippen molar-refractivity contribution >= 4 is 11.6 Å². The number of hydrogen-bond donors (Lipinski definition) is 1. The van der Waals surface area contributed by atoms with Gasteiger partial charge in [-0.3, -0.25) is 0 Å². The van der Waals surface area contributed by atoms with Crippen LogP contribution in [0.5, 0.6) is 0 Å². The van der Waals surface area contributed by atoms with Gasteiger partial charge in [0.15, 0.2) is 0 Å². The molecule has 1 nitrogen and oxygen atoms in total. The Hall–Kier alpha value is 0.250. The van der Waals surface area contributed by atoms with Gasteiger partial charge >= 0.3 is 0 Å². The number of aliphatic hydroxyl groups is 1. The third-order valence-corrected chi connectivity index (χ3v) is 2.19. The number of alkyl halides is 1. The molecule has 0 heterocycles. The smallest absolute Gasteiger partial charge is 0.0675 e. The van der Waals surface area contributed by atoms with Crippen LogP contribution < -0.4 is 0 Å². The molecular formula is C8H17ClO. The molecule has 2 heteroatoms. The molecule has 0 saturated carbocycles. The van der Waals surface area contributed by atoms with E-state index in [1.54, 1.807) is 6.92 Å². The molecule has 0 aliphatic heterocycles. The largest absolute Gasteiger partial charge is 0.392 e. The standard InChI is InChI=1S/C8H17ClO/c1-3-4-5-6-8(9)7(2)10/h7-8,10H,3-6H2,1-2H3. The lowest BCUT2D eigenvalue weighted by molar-refractivity contribution is 0.184. The van der Waals surface area contributed by atoms with E-state index in [0.717, 1.165) is 12.8 Å². The van der Waals surface area contributed by atoms with Crippen LogP contribution in [-0.2, 0) is 0 Å². The first-order chi connectivity index (χ1) is 4.68. The molecule has 62 valence electrons. The van der Waals surface area contributed by atoms with Gasteiger partial charge in [0.25, 0.3) is 0 Å². The Morgan fingerprint density at radius 2 is 2.00 bits per heavy atom. The van der Waals surface area contributed by atoms with Crippen LogP contribution in [-0.4, -0.2) is 16.6 Å². The van der Waals surface area contributed by atoms with Crippen molar-refractivity contribution in [1.82, 2.24) is 0 Å². The monoisotopic (exact) mass is 164 g/mol. The third kappa shape index (κ3) is 5.07. The van der Waals surface area contributed by atoms with Crippen molar-refractivity contribution in [1.29, 1.82) is 0 Å². The van der Waals surface area contributed by atoms with Crippen molar-refractivity contribution in [3.8, 4) is 0 Å². The second-order valence-electron chi connectivity index (χ2n) is 2.75. The Labute approximate surface area is 68.4 Å². The highest BCUT2D eigenvalue weighted by Crippen LogP contribution is 2.12. The van der Waals surface area contributed by atoms with Crippen molar-refractivity contribution in [2.24, 2.45) is 0 Å². The average Bonchev–Trinajstić information content (AvgIpc) is 1.88. The van der Waals surface area contributed by atoms with Crippen molar-refractivity contribution in [3.63, 3.8) is 0 Å². The second kappa shape index (κ2) is 5.99. The number of halogens is 1. The second-order valence-corrected chi connectivity index (χ2v) is 3.31. The summed E-state index contributed by atoms with van der Waals surface area (Å²) in [5, 5.41) is 8.94. The van der Waals surface area contributed by atoms with E-state index < -0.39 is 0 Å². The summed E-state index contributed by atoms with van der Waals surface area (Å²) in [6.45, 7) is 3.90. The molecule has 0 aromatic rings. The zero-order valence-electron chi connectivity index (χ0n) is 6.81. The summed E-state index contributed by atoms with van der Waals surface area (Å²) in [6.07, 6.45) is 4.14. The molecule has 0 spiro atoms. The number of hydrogen-bond acceptors (Lipinski definition) is 1. The lowest BCUT2D eigenvalue weighted by Crippen LogP contribution is -2.16. The first-order valence-corrected chi connectivity index (χ1v) is 4.44. The van der Waals surface area contributed by atoms with Gasteiger partial charge in [0.2, 0.25) is 0 Å². The van der Waals surface area contributed by atoms with Crippen molar-refractivity contribution in [3.05, 3.63) is 0 Å². The van der Waals surface area contributed by atoms with Crippen LogP contribution in [0.25, 0.3) is 0 Å². The number of unbranched alkanes of at least 4 members (excludes halogenated alkanes) is 2. The van der Waals surface area contributed by atoms with Crippen LogP contribution in [0.1, 0.15) is 39.5 Å². The predicted octanol–water partition coefficient (Wildman–Crippen LogP) is 2.55. The van der Waals surface area contributed by atoms with E-state index in [-0.39, 0.29) is 11.5 Å². The fourth-order valence-electron chi connectivity index (χ4n) is 0.831. The van der Waals surface area contributed by atoms with Crippen LogP contribution in [0.2, 0.25) is 0 Å². The number of aliphatic hydroxyl groups excluding tert-OH is 1. The maximum atomic E-state index is 8.99. The number of rotatable bonds is 5. The van der Waals surface area contributed by atoms with E-state index in [0.29, 0.717) is 0 Å². The molecular weight excluding hydrogens is 148 g/mol. The molecule has 0 fully saturated rings. The lowest BCUT2D eigenvalue weighted by Gasteiger charge is -2.10. The van der Waals surface area contributed by atoms with Crippen LogP contribution in [0.4, 0.5) is 0 Å². The van der Waals surface area contributed by atoms with Gasteiger partial charge in [0.05, 0.1) is 11.5 Å². The van der Waals surface area contributed by atoms with Crippen LogP contribution in [0.15, 0.2) is 0 Å². The maximum absolute atomic E-state index is 8.99. The van der Waals surface area contributed by atoms with E-state index >= 15 is 0 Å². The highest BCUT2D eigenvalue weighted by molar-refractivity contribution is 6.20. The van der Waals surface area contributed by atoms with Crippen molar-refractivity contribution in [2.75, 3.05) is 0 Å². The maximum Gasteiger partial charge on any atom is 0.0675 e. The van der Waals surface area contributed by atoms with Crippen LogP contribution in [0, 0.1) is 0 Å². The average molecular weight is 165 g/mol. The molecule has 0 radical (unpaired) electrons. The Kier molecular flexibility index (Phi) is 6.14. The van der Waals surface area contributed by atoms with E-state index in [1.807, 2.05) is 0 Å². The molecule has 1 N–H and O–H groups in total. The SMILES string of the molecule is CCCCCC(Cl)C(C)O. The molecule has 0 rings (SSSR count). The quantitative estimate of drug-likeness (QED) is 0.489. The third-order valence-electron chi connectivity index (χ3n) is 1.61. The first-order valence-electron chi connectivity index (χ1n) is 4.00. The van der Waals surface area contributed by atoms with Crippen molar-refractivity contribution in [2.45, 2.75) is 51.0 Å². The summed E-state index contributed by atoms with van der Waals surface area (Å²) in [7, 11) is 0. The van der Waals surface area contributed by atoms with Gasteiger partial charge in [-0.2, -0.15) is 0 Å². The minimum atomic E-state index is -0.362. The molecule has 0 aromatic heterocycles. The zero-order valence-corrected chi connectivity index (χ0v) is 7.56. The first kappa shape index (κ1) is 10.2. The Balaban J connectivity index is 3.13. The summed E-state index contributed by atoms with van der Waals surface area (Å²) in [5.74, 6) is 0. The molecule has 0 aliphatic carbocycles. The van der Waals surface area contributed by atoms with E-state index in [4.69, 9.17) is 16.7 Å². The van der Waals surface area contributed by atoms with Crippen LogP contribution in [0.3, 0.4) is 0 Å². The van der Waals surface area contributed by atoms with Gasteiger partial charge < -0.3 is 5.11 Å². The summed E-state index contributed by atoms with van der Waals surface area (Å²) in [5.41, 5.74) is 0. The Morgan fingerprint density at radius 1 is 1.40 bits per heavy atom. The van der Waals surface area contributed by atoms with E-state index in [1.165, 1.54) is 12.8 Å². The topological polar surface area (TPSA) is 20.2 Å². The molecule has 0 bridgehead atoms. The van der Waals surface area contributed by atoms with E-state index in [2.05, 4.69) is 6.92 Å². The van der Waals surface area contributed by atoms with Gasteiger partial charge in [-0.1, -0.05) is 26.2 Å². The lowest BCUT2D eigenvalue weighted by atomic mass is 10.1.